The fourth-order valence-electron chi connectivity index (χ4n) is 3.10. The zero-order valence-corrected chi connectivity index (χ0v) is 12.2. The van der Waals surface area contributed by atoms with Crippen molar-refractivity contribution in [3.8, 4) is 0 Å². The third-order valence-corrected chi connectivity index (χ3v) is 4.37. The molecule has 0 aromatic rings. The Balaban J connectivity index is 0.00000162. The average Bonchev–Trinajstić information content (AvgIpc) is 2.33. The second-order valence-corrected chi connectivity index (χ2v) is 5.85. The van der Waals surface area contributed by atoms with Crippen molar-refractivity contribution >= 4 is 18.3 Å². The Morgan fingerprint density at radius 1 is 1.22 bits per heavy atom. The Kier molecular flexibility index (Phi) is 7.02. The van der Waals surface area contributed by atoms with E-state index in [1.54, 1.807) is 0 Å². The highest BCUT2D eigenvalue weighted by molar-refractivity contribution is 5.85. The first-order chi connectivity index (χ1) is 8.25. The van der Waals surface area contributed by atoms with E-state index in [0.29, 0.717) is 17.9 Å². The molecule has 1 saturated carbocycles. The Bertz CT molecular complexity index is 254. The van der Waals surface area contributed by atoms with E-state index in [9.17, 15) is 4.79 Å². The summed E-state index contributed by atoms with van der Waals surface area (Å²) in [7, 11) is 0. The molecule has 18 heavy (non-hydrogen) atoms. The van der Waals surface area contributed by atoms with Gasteiger partial charge in [0.2, 0.25) is 5.91 Å². The van der Waals surface area contributed by atoms with E-state index in [0.717, 1.165) is 19.5 Å². The average molecular weight is 275 g/mol. The van der Waals surface area contributed by atoms with Gasteiger partial charge in [0.25, 0.3) is 0 Å². The van der Waals surface area contributed by atoms with Gasteiger partial charge in [-0.1, -0.05) is 26.2 Å². The number of amides is 1. The molecule has 2 atom stereocenters. The summed E-state index contributed by atoms with van der Waals surface area (Å²) < 4.78 is 0. The van der Waals surface area contributed by atoms with Crippen LogP contribution in [0.1, 0.15) is 51.9 Å². The van der Waals surface area contributed by atoms with Crippen LogP contribution in [0.25, 0.3) is 0 Å². The van der Waals surface area contributed by atoms with Gasteiger partial charge in [0.1, 0.15) is 0 Å². The Labute approximate surface area is 117 Å². The van der Waals surface area contributed by atoms with Crippen molar-refractivity contribution in [1.82, 2.24) is 10.6 Å². The van der Waals surface area contributed by atoms with Gasteiger partial charge in [0, 0.05) is 19.0 Å². The van der Waals surface area contributed by atoms with Crippen molar-refractivity contribution in [2.24, 2.45) is 11.8 Å². The first-order valence-electron chi connectivity index (χ1n) is 7.26. The number of rotatable bonds is 3. The Hall–Kier alpha value is -0.280. The Morgan fingerprint density at radius 3 is 2.61 bits per heavy atom. The molecule has 0 radical (unpaired) electrons. The lowest BCUT2D eigenvalue weighted by atomic mass is 9.86. The minimum atomic E-state index is 0. The lowest BCUT2D eigenvalue weighted by molar-refractivity contribution is -0.123. The normalized spacial score (nSPS) is 29.4. The van der Waals surface area contributed by atoms with Gasteiger partial charge in [0.05, 0.1) is 0 Å². The van der Waals surface area contributed by atoms with E-state index >= 15 is 0 Å². The lowest BCUT2D eigenvalue weighted by Gasteiger charge is -2.31. The number of carbonyl (C=O) groups is 1. The molecule has 2 rings (SSSR count). The molecule has 1 aliphatic carbocycles. The van der Waals surface area contributed by atoms with Crippen LogP contribution in [0.4, 0.5) is 0 Å². The van der Waals surface area contributed by atoms with Crippen molar-refractivity contribution in [1.29, 1.82) is 0 Å². The summed E-state index contributed by atoms with van der Waals surface area (Å²) in [5.74, 6) is 1.54. The summed E-state index contributed by atoms with van der Waals surface area (Å²) in [4.78, 5) is 12.0. The molecule has 0 spiro atoms. The minimum absolute atomic E-state index is 0. The van der Waals surface area contributed by atoms with E-state index in [1.807, 2.05) is 0 Å². The third kappa shape index (κ3) is 4.77. The fourth-order valence-corrected chi connectivity index (χ4v) is 3.10. The molecule has 2 unspecified atom stereocenters. The molecule has 106 valence electrons. The van der Waals surface area contributed by atoms with Crippen LogP contribution in [0, 0.1) is 11.8 Å². The predicted octanol–water partition coefficient (Wildman–Crippen LogP) is 2.49. The van der Waals surface area contributed by atoms with E-state index < -0.39 is 0 Å². The van der Waals surface area contributed by atoms with Crippen molar-refractivity contribution in [2.45, 2.75) is 57.9 Å². The first-order valence-corrected chi connectivity index (χ1v) is 7.26. The highest BCUT2D eigenvalue weighted by Gasteiger charge is 2.24. The topological polar surface area (TPSA) is 41.1 Å². The van der Waals surface area contributed by atoms with Gasteiger partial charge in [-0.3, -0.25) is 4.79 Å². The van der Waals surface area contributed by atoms with Crippen molar-refractivity contribution in [3.63, 3.8) is 0 Å². The summed E-state index contributed by atoms with van der Waals surface area (Å²) in [6.45, 7) is 4.28. The van der Waals surface area contributed by atoms with Gasteiger partial charge in [-0.05, 0) is 37.6 Å². The maximum absolute atomic E-state index is 12.0. The number of nitrogens with one attached hydrogen (secondary N) is 2. The van der Waals surface area contributed by atoms with Crippen LogP contribution in [-0.2, 0) is 4.79 Å². The molecule has 0 aromatic heterocycles. The minimum Gasteiger partial charge on any atom is -0.352 e. The van der Waals surface area contributed by atoms with Gasteiger partial charge in [-0.15, -0.1) is 12.4 Å². The number of carbonyl (C=O) groups excluding carboxylic acids is 1. The van der Waals surface area contributed by atoms with E-state index in [-0.39, 0.29) is 18.3 Å². The second-order valence-electron chi connectivity index (χ2n) is 5.85. The predicted molar refractivity (Wildman–Crippen MR) is 77.0 cm³/mol. The Morgan fingerprint density at radius 2 is 1.94 bits per heavy atom. The number of halogens is 1. The van der Waals surface area contributed by atoms with Crippen molar-refractivity contribution in [2.75, 3.05) is 13.1 Å². The van der Waals surface area contributed by atoms with Crippen molar-refractivity contribution < 1.29 is 4.79 Å². The molecule has 2 aliphatic rings. The van der Waals surface area contributed by atoms with Gasteiger partial charge in [0.15, 0.2) is 0 Å². The SMILES string of the molecule is CC1CCNCC1NC(=O)CC1CCCCC1.Cl. The van der Waals surface area contributed by atoms with Crippen LogP contribution in [0.3, 0.4) is 0 Å². The van der Waals surface area contributed by atoms with Crippen molar-refractivity contribution in [3.05, 3.63) is 0 Å². The maximum atomic E-state index is 12.0. The lowest BCUT2D eigenvalue weighted by Crippen LogP contribution is -2.50. The molecule has 3 nitrogen and oxygen atoms in total. The molecule has 0 bridgehead atoms. The van der Waals surface area contributed by atoms with Crippen LogP contribution < -0.4 is 10.6 Å². The molecule has 1 saturated heterocycles. The molecule has 2 fully saturated rings. The van der Waals surface area contributed by atoms with Gasteiger partial charge in [-0.25, -0.2) is 0 Å². The van der Waals surface area contributed by atoms with Crippen LogP contribution in [0.2, 0.25) is 0 Å². The smallest absolute Gasteiger partial charge is 0.220 e. The van der Waals surface area contributed by atoms with Crippen LogP contribution in [-0.4, -0.2) is 25.0 Å². The molecular weight excluding hydrogens is 248 g/mol. The summed E-state index contributed by atoms with van der Waals surface area (Å²) in [5.41, 5.74) is 0. The molecule has 1 heterocycles. The van der Waals surface area contributed by atoms with Gasteiger partial charge >= 0.3 is 0 Å². The van der Waals surface area contributed by atoms with Gasteiger partial charge in [-0.2, -0.15) is 0 Å². The summed E-state index contributed by atoms with van der Waals surface area (Å²) in [5, 5.41) is 6.57. The summed E-state index contributed by atoms with van der Waals surface area (Å²) in [6, 6.07) is 0.347. The maximum Gasteiger partial charge on any atom is 0.220 e. The molecular formula is C14H27ClN2O. The fraction of sp³-hybridized carbons (Fsp3) is 0.929. The van der Waals surface area contributed by atoms with Crippen LogP contribution in [0.5, 0.6) is 0 Å². The van der Waals surface area contributed by atoms with Crippen LogP contribution >= 0.6 is 12.4 Å². The zero-order chi connectivity index (χ0) is 12.1. The highest BCUT2D eigenvalue weighted by atomic mass is 35.5. The standard InChI is InChI=1S/C14H26N2O.ClH/c1-11-7-8-15-10-13(11)16-14(17)9-12-5-3-2-4-6-12;/h11-13,15H,2-10H2,1H3,(H,16,17);1H. The summed E-state index contributed by atoms with van der Waals surface area (Å²) in [6.07, 6.45) is 8.44. The number of hydrogen-bond acceptors (Lipinski definition) is 2. The largest absolute Gasteiger partial charge is 0.352 e. The monoisotopic (exact) mass is 274 g/mol. The number of piperidine rings is 1. The zero-order valence-electron chi connectivity index (χ0n) is 11.4. The molecule has 2 N–H and O–H groups in total. The molecule has 1 amide bonds. The molecule has 4 heteroatoms. The van der Waals surface area contributed by atoms with Crippen LogP contribution in [0.15, 0.2) is 0 Å². The van der Waals surface area contributed by atoms with E-state index in [1.165, 1.54) is 38.5 Å². The highest BCUT2D eigenvalue weighted by Crippen LogP contribution is 2.26. The summed E-state index contributed by atoms with van der Waals surface area (Å²) >= 11 is 0. The van der Waals surface area contributed by atoms with E-state index in [2.05, 4.69) is 17.6 Å². The van der Waals surface area contributed by atoms with Gasteiger partial charge < -0.3 is 10.6 Å². The quantitative estimate of drug-likeness (QED) is 0.830. The first kappa shape index (κ1) is 15.8. The molecule has 0 aromatic carbocycles. The van der Waals surface area contributed by atoms with E-state index in [4.69, 9.17) is 0 Å². The third-order valence-electron chi connectivity index (χ3n) is 4.37. The second kappa shape index (κ2) is 8.00. The molecule has 1 aliphatic heterocycles. The number of hydrogen-bond donors (Lipinski definition) is 2.